The van der Waals surface area contributed by atoms with E-state index >= 15 is 0 Å². The fraction of sp³-hybridized carbons (Fsp3) is 0.160. The molecule has 0 saturated carbocycles. The van der Waals surface area contributed by atoms with Gasteiger partial charge in [0.05, 0.1) is 40.0 Å². The SMILES string of the molecule is O=C(CSc1nc2ccccc2c(=O)n1-c1ccc(F)c(Cl)c1)NC1CCOc2ccccc21. The minimum absolute atomic E-state index is 0.0409. The summed E-state index contributed by atoms with van der Waals surface area (Å²) in [7, 11) is 0. The molecule has 5 rings (SSSR count). The molecule has 1 aliphatic heterocycles. The van der Waals surface area contributed by atoms with Crippen molar-refractivity contribution >= 4 is 40.2 Å². The summed E-state index contributed by atoms with van der Waals surface area (Å²) in [6, 6.07) is 18.5. The lowest BCUT2D eigenvalue weighted by atomic mass is 10.0. The van der Waals surface area contributed by atoms with Crippen LogP contribution in [0.2, 0.25) is 5.02 Å². The number of carbonyl (C=O) groups is 1. The highest BCUT2D eigenvalue weighted by Gasteiger charge is 2.23. The number of carbonyl (C=O) groups excluding carboxylic acids is 1. The average Bonchev–Trinajstić information content (AvgIpc) is 2.85. The fourth-order valence-corrected chi connectivity index (χ4v) is 4.92. The topological polar surface area (TPSA) is 73.2 Å². The highest BCUT2D eigenvalue weighted by Crippen LogP contribution is 2.32. The van der Waals surface area contributed by atoms with Crippen molar-refractivity contribution in [2.45, 2.75) is 17.6 Å². The molecule has 0 radical (unpaired) electrons. The van der Waals surface area contributed by atoms with E-state index in [0.717, 1.165) is 23.1 Å². The van der Waals surface area contributed by atoms with Gasteiger partial charge in [-0.3, -0.25) is 14.2 Å². The van der Waals surface area contributed by atoms with Gasteiger partial charge in [0.25, 0.3) is 5.56 Å². The van der Waals surface area contributed by atoms with Crippen LogP contribution in [0, 0.1) is 5.82 Å². The van der Waals surface area contributed by atoms with Crippen molar-refractivity contribution in [1.29, 1.82) is 0 Å². The highest BCUT2D eigenvalue weighted by atomic mass is 35.5. The summed E-state index contributed by atoms with van der Waals surface area (Å²) in [5.74, 6) is 0.0273. The first-order valence-electron chi connectivity index (χ1n) is 10.6. The van der Waals surface area contributed by atoms with Gasteiger partial charge >= 0.3 is 0 Å². The molecule has 2 heterocycles. The highest BCUT2D eigenvalue weighted by molar-refractivity contribution is 7.99. The summed E-state index contributed by atoms with van der Waals surface area (Å²) < 4.78 is 20.8. The molecule has 0 aliphatic carbocycles. The molecule has 0 bridgehead atoms. The molecule has 172 valence electrons. The first kappa shape index (κ1) is 22.4. The third-order valence-corrected chi connectivity index (χ3v) is 6.76. The van der Waals surface area contributed by atoms with Crippen molar-refractivity contribution in [2.75, 3.05) is 12.4 Å². The summed E-state index contributed by atoms with van der Waals surface area (Å²) in [4.78, 5) is 30.7. The van der Waals surface area contributed by atoms with Gasteiger partial charge in [0.15, 0.2) is 5.16 Å². The fourth-order valence-electron chi connectivity index (χ4n) is 3.92. The van der Waals surface area contributed by atoms with E-state index in [0.29, 0.717) is 34.8 Å². The number of halogens is 2. The normalized spacial score (nSPS) is 14.9. The van der Waals surface area contributed by atoms with Gasteiger partial charge in [-0.15, -0.1) is 0 Å². The third-order valence-electron chi connectivity index (χ3n) is 5.53. The summed E-state index contributed by atoms with van der Waals surface area (Å²) in [6.45, 7) is 0.520. The number of amides is 1. The number of nitrogens with one attached hydrogen (secondary N) is 1. The van der Waals surface area contributed by atoms with Crippen molar-refractivity contribution < 1.29 is 13.9 Å². The van der Waals surface area contributed by atoms with Gasteiger partial charge in [-0.1, -0.05) is 53.7 Å². The zero-order chi connectivity index (χ0) is 23.7. The lowest BCUT2D eigenvalue weighted by Gasteiger charge is -2.26. The molecular formula is C25H19ClFN3O3S. The van der Waals surface area contributed by atoms with Crippen LogP contribution in [0.5, 0.6) is 5.75 Å². The average molecular weight is 496 g/mol. The third kappa shape index (κ3) is 4.38. The molecule has 3 aromatic carbocycles. The standard InChI is InChI=1S/C25H19ClFN3O3S/c26-18-13-15(9-10-19(18)27)30-24(32)17-6-1-3-7-20(17)29-25(30)34-14-23(31)28-21-11-12-33-22-8-4-2-5-16(21)22/h1-10,13,21H,11-12,14H2,(H,28,31). The largest absolute Gasteiger partial charge is 0.493 e. The van der Waals surface area contributed by atoms with E-state index in [-0.39, 0.29) is 28.3 Å². The lowest BCUT2D eigenvalue weighted by molar-refractivity contribution is -0.119. The number of rotatable bonds is 5. The van der Waals surface area contributed by atoms with Crippen LogP contribution in [0.25, 0.3) is 16.6 Å². The first-order valence-corrected chi connectivity index (χ1v) is 12.0. The Morgan fingerprint density at radius 1 is 1.18 bits per heavy atom. The Kier molecular flexibility index (Phi) is 6.26. The van der Waals surface area contributed by atoms with E-state index < -0.39 is 5.82 Å². The molecule has 1 atom stereocenters. The van der Waals surface area contributed by atoms with Crippen LogP contribution in [-0.2, 0) is 4.79 Å². The number of aromatic nitrogens is 2. The maximum atomic E-state index is 13.7. The van der Waals surface area contributed by atoms with Crippen molar-refractivity contribution in [3.05, 3.63) is 93.5 Å². The van der Waals surface area contributed by atoms with Crippen molar-refractivity contribution in [2.24, 2.45) is 0 Å². The number of benzene rings is 3. The first-order chi connectivity index (χ1) is 16.5. The Balaban J connectivity index is 1.44. The molecular weight excluding hydrogens is 477 g/mol. The van der Waals surface area contributed by atoms with Crippen LogP contribution in [0.4, 0.5) is 4.39 Å². The second kappa shape index (κ2) is 9.48. The zero-order valence-electron chi connectivity index (χ0n) is 17.8. The number of ether oxygens (including phenoxy) is 1. The monoisotopic (exact) mass is 495 g/mol. The molecule has 6 nitrogen and oxygen atoms in total. The summed E-state index contributed by atoms with van der Waals surface area (Å²) >= 11 is 7.10. The van der Waals surface area contributed by atoms with E-state index in [1.807, 2.05) is 24.3 Å². The van der Waals surface area contributed by atoms with Gasteiger partial charge in [0, 0.05) is 12.0 Å². The molecule has 0 fully saturated rings. The van der Waals surface area contributed by atoms with E-state index in [1.165, 1.54) is 22.8 Å². The van der Waals surface area contributed by atoms with Crippen LogP contribution in [0.3, 0.4) is 0 Å². The predicted molar refractivity (Wildman–Crippen MR) is 130 cm³/mol. The van der Waals surface area contributed by atoms with E-state index in [1.54, 1.807) is 24.3 Å². The Hall–Kier alpha value is -3.36. The van der Waals surface area contributed by atoms with Crippen molar-refractivity contribution in [3.8, 4) is 11.4 Å². The number of fused-ring (bicyclic) bond motifs is 2. The Bertz CT molecular complexity index is 1460. The van der Waals surface area contributed by atoms with Crippen LogP contribution < -0.4 is 15.6 Å². The summed E-state index contributed by atoms with van der Waals surface area (Å²) in [6.07, 6.45) is 0.667. The minimum Gasteiger partial charge on any atom is -0.493 e. The van der Waals surface area contributed by atoms with Crippen LogP contribution in [0.15, 0.2) is 76.7 Å². The van der Waals surface area contributed by atoms with Gasteiger partial charge in [-0.05, 0) is 36.4 Å². The Morgan fingerprint density at radius 2 is 1.97 bits per heavy atom. The Morgan fingerprint density at radius 3 is 2.82 bits per heavy atom. The number of hydrogen-bond acceptors (Lipinski definition) is 5. The maximum Gasteiger partial charge on any atom is 0.266 e. The van der Waals surface area contributed by atoms with Gasteiger partial charge in [0.2, 0.25) is 5.91 Å². The molecule has 1 amide bonds. The minimum atomic E-state index is -0.586. The van der Waals surface area contributed by atoms with Crippen molar-refractivity contribution in [3.63, 3.8) is 0 Å². The van der Waals surface area contributed by atoms with Gasteiger partial charge in [0.1, 0.15) is 11.6 Å². The molecule has 0 saturated heterocycles. The van der Waals surface area contributed by atoms with E-state index in [2.05, 4.69) is 10.3 Å². The molecule has 0 spiro atoms. The number of para-hydroxylation sites is 2. The predicted octanol–water partition coefficient (Wildman–Crippen LogP) is 4.91. The molecule has 9 heteroatoms. The van der Waals surface area contributed by atoms with E-state index in [9.17, 15) is 14.0 Å². The molecule has 1 aliphatic rings. The molecule has 1 aromatic heterocycles. The molecule has 1 N–H and O–H groups in total. The van der Waals surface area contributed by atoms with Gasteiger partial charge in [-0.2, -0.15) is 0 Å². The molecule has 4 aromatic rings. The van der Waals surface area contributed by atoms with Crippen LogP contribution in [-0.4, -0.2) is 27.8 Å². The number of thioether (sulfide) groups is 1. The van der Waals surface area contributed by atoms with E-state index in [4.69, 9.17) is 16.3 Å². The Labute approximate surface area is 203 Å². The van der Waals surface area contributed by atoms with Crippen molar-refractivity contribution in [1.82, 2.24) is 14.9 Å². The lowest BCUT2D eigenvalue weighted by Crippen LogP contribution is -2.33. The van der Waals surface area contributed by atoms with Crippen LogP contribution >= 0.6 is 23.4 Å². The zero-order valence-corrected chi connectivity index (χ0v) is 19.4. The molecule has 1 unspecified atom stereocenters. The molecule has 34 heavy (non-hydrogen) atoms. The summed E-state index contributed by atoms with van der Waals surface area (Å²) in [5.41, 5.74) is 1.50. The summed E-state index contributed by atoms with van der Waals surface area (Å²) in [5, 5.41) is 3.67. The number of hydrogen-bond donors (Lipinski definition) is 1. The maximum absolute atomic E-state index is 13.7. The quantitative estimate of drug-likeness (QED) is 0.314. The van der Waals surface area contributed by atoms with Crippen LogP contribution in [0.1, 0.15) is 18.0 Å². The number of nitrogens with zero attached hydrogens (tertiary/aromatic N) is 2. The van der Waals surface area contributed by atoms with Gasteiger partial charge < -0.3 is 10.1 Å². The smallest absolute Gasteiger partial charge is 0.266 e. The second-order valence-corrected chi connectivity index (χ2v) is 9.08. The van der Waals surface area contributed by atoms with Gasteiger partial charge in [-0.25, -0.2) is 9.37 Å². The second-order valence-electron chi connectivity index (χ2n) is 7.73.